The van der Waals surface area contributed by atoms with Crippen molar-refractivity contribution in [3.8, 4) is 11.5 Å². The van der Waals surface area contributed by atoms with Crippen LogP contribution in [0, 0.1) is 12.8 Å². The number of ether oxygens (including phenoxy) is 2. The van der Waals surface area contributed by atoms with Gasteiger partial charge in [-0.05, 0) is 67.7 Å². The van der Waals surface area contributed by atoms with Gasteiger partial charge in [-0.25, -0.2) is 8.42 Å². The normalized spacial score (nSPS) is 24.3. The maximum Gasteiger partial charge on any atom is 0.243 e. The average Bonchev–Trinajstić information content (AvgIpc) is 3.23. The third kappa shape index (κ3) is 4.96. The Labute approximate surface area is 230 Å². The summed E-state index contributed by atoms with van der Waals surface area (Å²) in [6, 6.07) is 12.9. The molecular formula is C30H43NO5SSi. The summed E-state index contributed by atoms with van der Waals surface area (Å²) in [6.45, 7) is 14.1. The monoisotopic (exact) mass is 557 g/mol. The van der Waals surface area contributed by atoms with Crippen LogP contribution in [0.15, 0.2) is 59.5 Å². The number of aryl methyl sites for hydroxylation is 1. The molecule has 2 aromatic carbocycles. The average molecular weight is 558 g/mol. The highest BCUT2D eigenvalue weighted by Gasteiger charge is 2.58. The van der Waals surface area contributed by atoms with Crippen LogP contribution in [0.1, 0.15) is 44.7 Å². The van der Waals surface area contributed by atoms with Gasteiger partial charge in [0.15, 0.2) is 19.8 Å². The first-order chi connectivity index (χ1) is 17.8. The van der Waals surface area contributed by atoms with Crippen molar-refractivity contribution >= 4 is 18.3 Å². The molecule has 0 aromatic heterocycles. The number of methoxy groups -OCH3 is 2. The zero-order chi connectivity index (χ0) is 27.9. The topological polar surface area (TPSA) is 65.1 Å². The number of allylic oxidation sites excluding steroid dienone is 1. The zero-order valence-corrected chi connectivity index (χ0v) is 25.9. The maximum absolute atomic E-state index is 14.1. The maximum atomic E-state index is 14.1. The lowest BCUT2D eigenvalue weighted by atomic mass is 9.65. The fraction of sp³-hybridized carbons (Fsp3) is 0.533. The zero-order valence-electron chi connectivity index (χ0n) is 24.1. The van der Waals surface area contributed by atoms with Crippen molar-refractivity contribution in [1.82, 2.24) is 4.31 Å². The standard InChI is InChI=1S/C30H43NO5SSi/c1-22-12-15-25(16-13-22)37(32,33)31-20-24(21-36-38(7,8)29(2,3)4)30(18-10-9-11-28(30)31)23-14-17-26(34-5)27(19-23)35-6/h10,12-19,24,28H,9,11,20-21H2,1-8H3/t24-,28+,30-/m1/s1. The van der Waals surface area contributed by atoms with E-state index in [-0.39, 0.29) is 17.0 Å². The Hall–Kier alpha value is -2.13. The number of hydrogen-bond donors (Lipinski definition) is 0. The SMILES string of the molecule is COc1ccc([C@@]23C=CCC[C@@H]2N(S(=O)(=O)c2ccc(C)cc2)C[C@@H]3CO[Si](C)(C)C(C)(C)C)cc1OC. The third-order valence-corrected chi connectivity index (χ3v) is 15.3. The molecule has 0 radical (unpaired) electrons. The fourth-order valence-corrected chi connectivity index (χ4v) is 8.42. The van der Waals surface area contributed by atoms with Crippen molar-refractivity contribution in [2.75, 3.05) is 27.4 Å². The van der Waals surface area contributed by atoms with E-state index >= 15 is 0 Å². The van der Waals surface area contributed by atoms with Crippen molar-refractivity contribution in [2.45, 2.75) is 75.0 Å². The van der Waals surface area contributed by atoms with E-state index in [9.17, 15) is 8.42 Å². The van der Waals surface area contributed by atoms with Gasteiger partial charge in [0.2, 0.25) is 10.0 Å². The van der Waals surface area contributed by atoms with E-state index in [1.165, 1.54) is 0 Å². The van der Waals surface area contributed by atoms with Gasteiger partial charge in [0.25, 0.3) is 0 Å². The van der Waals surface area contributed by atoms with Crippen LogP contribution in [0.3, 0.4) is 0 Å². The summed E-state index contributed by atoms with van der Waals surface area (Å²) in [7, 11) is -2.53. The van der Waals surface area contributed by atoms with Crippen LogP contribution in [-0.2, 0) is 19.9 Å². The highest BCUT2D eigenvalue weighted by molar-refractivity contribution is 7.89. The van der Waals surface area contributed by atoms with Crippen LogP contribution in [0.25, 0.3) is 0 Å². The van der Waals surface area contributed by atoms with Crippen molar-refractivity contribution in [1.29, 1.82) is 0 Å². The van der Waals surface area contributed by atoms with Crippen molar-refractivity contribution in [3.63, 3.8) is 0 Å². The van der Waals surface area contributed by atoms with Gasteiger partial charge in [-0.15, -0.1) is 0 Å². The van der Waals surface area contributed by atoms with E-state index in [0.29, 0.717) is 29.5 Å². The molecule has 1 aliphatic carbocycles. The van der Waals surface area contributed by atoms with E-state index in [1.807, 2.05) is 31.2 Å². The van der Waals surface area contributed by atoms with Crippen LogP contribution in [-0.4, -0.2) is 54.5 Å². The molecule has 3 atom stereocenters. The molecule has 1 aliphatic heterocycles. The Balaban J connectivity index is 1.85. The minimum absolute atomic E-state index is 0.0531. The summed E-state index contributed by atoms with van der Waals surface area (Å²) >= 11 is 0. The molecule has 0 N–H and O–H groups in total. The highest BCUT2D eigenvalue weighted by Crippen LogP contribution is 2.53. The first-order valence-electron chi connectivity index (χ1n) is 13.4. The molecule has 8 heteroatoms. The largest absolute Gasteiger partial charge is 0.493 e. The second-order valence-electron chi connectivity index (χ2n) is 12.2. The molecule has 0 unspecified atom stereocenters. The highest BCUT2D eigenvalue weighted by atomic mass is 32.2. The number of benzene rings is 2. The summed E-state index contributed by atoms with van der Waals surface area (Å²) in [5, 5.41) is 0.0531. The fourth-order valence-electron chi connectivity index (χ4n) is 5.63. The Morgan fingerprint density at radius 1 is 1.03 bits per heavy atom. The first kappa shape index (κ1) is 28.9. The lowest BCUT2D eigenvalue weighted by Gasteiger charge is -2.43. The quantitative estimate of drug-likeness (QED) is 0.281. The minimum Gasteiger partial charge on any atom is -0.493 e. The lowest BCUT2D eigenvalue weighted by molar-refractivity contribution is 0.193. The summed E-state index contributed by atoms with van der Waals surface area (Å²) in [6.07, 6.45) is 6.02. The molecular weight excluding hydrogens is 514 g/mol. The number of fused-ring (bicyclic) bond motifs is 1. The second kappa shape index (κ2) is 10.4. The number of rotatable bonds is 8. The van der Waals surface area contributed by atoms with Crippen LogP contribution in [0.5, 0.6) is 11.5 Å². The first-order valence-corrected chi connectivity index (χ1v) is 17.8. The molecule has 0 spiro atoms. The van der Waals surface area contributed by atoms with Gasteiger partial charge < -0.3 is 13.9 Å². The Bertz CT molecular complexity index is 1280. The second-order valence-corrected chi connectivity index (χ2v) is 18.9. The molecule has 6 nitrogen and oxygen atoms in total. The molecule has 1 saturated heterocycles. The molecule has 38 heavy (non-hydrogen) atoms. The predicted octanol–water partition coefficient (Wildman–Crippen LogP) is 6.31. The van der Waals surface area contributed by atoms with Crippen LogP contribution in [0.4, 0.5) is 0 Å². The molecule has 2 aromatic rings. The van der Waals surface area contributed by atoms with E-state index in [0.717, 1.165) is 24.0 Å². The van der Waals surface area contributed by atoms with Gasteiger partial charge >= 0.3 is 0 Å². The van der Waals surface area contributed by atoms with E-state index in [1.54, 1.807) is 30.7 Å². The molecule has 2 aliphatic rings. The minimum atomic E-state index is -3.72. The van der Waals surface area contributed by atoms with Gasteiger partial charge in [0, 0.05) is 30.5 Å². The number of hydrogen-bond acceptors (Lipinski definition) is 5. The van der Waals surface area contributed by atoms with Crippen molar-refractivity contribution in [2.24, 2.45) is 5.92 Å². The lowest BCUT2D eigenvalue weighted by Crippen LogP contribution is -2.48. The van der Waals surface area contributed by atoms with Gasteiger partial charge in [-0.3, -0.25) is 0 Å². The molecule has 208 valence electrons. The van der Waals surface area contributed by atoms with Crippen LogP contribution < -0.4 is 9.47 Å². The van der Waals surface area contributed by atoms with Crippen LogP contribution >= 0.6 is 0 Å². The van der Waals surface area contributed by atoms with Gasteiger partial charge in [-0.1, -0.05) is 56.7 Å². The molecule has 1 fully saturated rings. The third-order valence-electron chi connectivity index (χ3n) is 8.94. The van der Waals surface area contributed by atoms with Crippen LogP contribution in [0.2, 0.25) is 18.1 Å². The summed E-state index contributed by atoms with van der Waals surface area (Å²) < 4.78 is 48.0. The molecule has 4 rings (SSSR count). The Kier molecular flexibility index (Phi) is 7.94. The van der Waals surface area contributed by atoms with Gasteiger partial charge in [0.1, 0.15) is 0 Å². The van der Waals surface area contributed by atoms with E-state index in [2.05, 4.69) is 52.1 Å². The molecule has 0 amide bonds. The smallest absolute Gasteiger partial charge is 0.243 e. The summed E-state index contributed by atoms with van der Waals surface area (Å²) in [4.78, 5) is 0.338. The summed E-state index contributed by atoms with van der Waals surface area (Å²) in [5.74, 6) is 1.23. The molecule has 0 saturated carbocycles. The van der Waals surface area contributed by atoms with Gasteiger partial charge in [-0.2, -0.15) is 4.31 Å². The predicted molar refractivity (Wildman–Crippen MR) is 155 cm³/mol. The van der Waals surface area contributed by atoms with Gasteiger partial charge in [0.05, 0.1) is 19.1 Å². The Morgan fingerprint density at radius 2 is 1.68 bits per heavy atom. The molecule has 1 heterocycles. The number of nitrogens with zero attached hydrogens (tertiary/aromatic N) is 1. The summed E-state index contributed by atoms with van der Waals surface area (Å²) in [5.41, 5.74) is 1.52. The van der Waals surface area contributed by atoms with E-state index in [4.69, 9.17) is 13.9 Å². The van der Waals surface area contributed by atoms with Crippen molar-refractivity contribution < 1.29 is 22.3 Å². The van der Waals surface area contributed by atoms with E-state index < -0.39 is 23.8 Å². The molecule has 0 bridgehead atoms. The number of sulfonamides is 1. The Morgan fingerprint density at radius 3 is 2.29 bits per heavy atom. The van der Waals surface area contributed by atoms with Crippen molar-refractivity contribution in [3.05, 3.63) is 65.7 Å².